The standard InChI is InChI=1S/C15H20ClN3O2/c1-10(7-11-3-2-4-12(16)8-11)14(20)18-13-5-6-19(9-13)15(17)21/h2-4,8,10,13H,5-7,9H2,1H3,(H2,17,21)(H,18,20)/t10-,13-/m0/s1. The van der Waals surface area contributed by atoms with Crippen molar-refractivity contribution in [2.75, 3.05) is 13.1 Å². The second kappa shape index (κ2) is 6.80. The molecule has 114 valence electrons. The number of rotatable bonds is 4. The van der Waals surface area contributed by atoms with Crippen molar-refractivity contribution >= 4 is 23.5 Å². The third kappa shape index (κ3) is 4.36. The van der Waals surface area contributed by atoms with E-state index in [2.05, 4.69) is 5.32 Å². The number of halogens is 1. The number of hydrogen-bond donors (Lipinski definition) is 2. The van der Waals surface area contributed by atoms with Crippen LogP contribution in [-0.2, 0) is 11.2 Å². The fraction of sp³-hybridized carbons (Fsp3) is 0.467. The Morgan fingerprint density at radius 2 is 2.29 bits per heavy atom. The monoisotopic (exact) mass is 309 g/mol. The number of urea groups is 1. The van der Waals surface area contributed by atoms with E-state index in [4.69, 9.17) is 17.3 Å². The van der Waals surface area contributed by atoms with Gasteiger partial charge in [0.25, 0.3) is 0 Å². The van der Waals surface area contributed by atoms with Gasteiger partial charge in [0.1, 0.15) is 0 Å². The highest BCUT2D eigenvalue weighted by Gasteiger charge is 2.27. The molecule has 1 aromatic rings. The maximum Gasteiger partial charge on any atom is 0.314 e. The number of hydrogen-bond acceptors (Lipinski definition) is 2. The first-order chi connectivity index (χ1) is 9.95. The molecule has 0 unspecified atom stereocenters. The Hall–Kier alpha value is -1.75. The van der Waals surface area contributed by atoms with Crippen LogP contribution in [0.4, 0.5) is 4.79 Å². The van der Waals surface area contributed by atoms with Gasteiger partial charge in [-0.3, -0.25) is 4.79 Å². The van der Waals surface area contributed by atoms with Crippen LogP contribution in [0.5, 0.6) is 0 Å². The molecule has 3 amide bonds. The number of carbonyl (C=O) groups is 2. The lowest BCUT2D eigenvalue weighted by molar-refractivity contribution is -0.125. The molecule has 1 fully saturated rings. The van der Waals surface area contributed by atoms with Gasteiger partial charge in [-0.2, -0.15) is 0 Å². The highest BCUT2D eigenvalue weighted by Crippen LogP contribution is 2.15. The molecule has 1 aliphatic rings. The molecule has 1 aromatic carbocycles. The quantitative estimate of drug-likeness (QED) is 0.889. The van der Waals surface area contributed by atoms with Gasteiger partial charge in [0.2, 0.25) is 5.91 Å². The van der Waals surface area contributed by atoms with Crippen molar-refractivity contribution in [2.45, 2.75) is 25.8 Å². The second-order valence-electron chi connectivity index (χ2n) is 5.51. The zero-order valence-electron chi connectivity index (χ0n) is 12.0. The molecule has 0 spiro atoms. The van der Waals surface area contributed by atoms with E-state index >= 15 is 0 Å². The molecule has 0 aliphatic carbocycles. The Balaban J connectivity index is 1.84. The molecule has 1 heterocycles. The molecule has 21 heavy (non-hydrogen) atoms. The molecule has 0 radical (unpaired) electrons. The lowest BCUT2D eigenvalue weighted by atomic mass is 10.00. The Morgan fingerprint density at radius 3 is 2.90 bits per heavy atom. The molecule has 1 saturated heterocycles. The highest BCUT2D eigenvalue weighted by atomic mass is 35.5. The number of nitrogens with zero attached hydrogens (tertiary/aromatic N) is 1. The number of carbonyl (C=O) groups excluding carboxylic acids is 2. The van der Waals surface area contributed by atoms with Gasteiger partial charge in [-0.25, -0.2) is 4.79 Å². The first kappa shape index (κ1) is 15.6. The van der Waals surface area contributed by atoms with Gasteiger partial charge < -0.3 is 16.0 Å². The first-order valence-corrected chi connectivity index (χ1v) is 7.42. The molecule has 2 atom stereocenters. The third-order valence-electron chi connectivity index (χ3n) is 3.72. The predicted octanol–water partition coefficient (Wildman–Crippen LogP) is 1.79. The predicted molar refractivity (Wildman–Crippen MR) is 82.0 cm³/mol. The summed E-state index contributed by atoms with van der Waals surface area (Å²) in [6.07, 6.45) is 1.39. The summed E-state index contributed by atoms with van der Waals surface area (Å²) in [4.78, 5) is 24.8. The molecule has 2 rings (SSSR count). The van der Waals surface area contributed by atoms with Crippen molar-refractivity contribution in [1.29, 1.82) is 0 Å². The van der Waals surface area contributed by atoms with Gasteiger partial charge in [-0.15, -0.1) is 0 Å². The van der Waals surface area contributed by atoms with E-state index in [1.165, 1.54) is 0 Å². The topological polar surface area (TPSA) is 75.4 Å². The summed E-state index contributed by atoms with van der Waals surface area (Å²) in [7, 11) is 0. The zero-order valence-corrected chi connectivity index (χ0v) is 12.8. The Labute approximate surface area is 129 Å². The van der Waals surface area contributed by atoms with Gasteiger partial charge in [0.05, 0.1) is 0 Å². The Kier molecular flexibility index (Phi) is 5.07. The summed E-state index contributed by atoms with van der Waals surface area (Å²) in [6, 6.07) is 7.08. The smallest absolute Gasteiger partial charge is 0.314 e. The van der Waals surface area contributed by atoms with Crippen LogP contribution in [0.1, 0.15) is 18.9 Å². The summed E-state index contributed by atoms with van der Waals surface area (Å²) in [5, 5.41) is 3.65. The summed E-state index contributed by atoms with van der Waals surface area (Å²) in [5.41, 5.74) is 6.27. The number of benzene rings is 1. The van der Waals surface area contributed by atoms with Crippen molar-refractivity contribution in [3.63, 3.8) is 0 Å². The minimum absolute atomic E-state index is 0.00758. The zero-order chi connectivity index (χ0) is 15.4. The van der Waals surface area contributed by atoms with Crippen LogP contribution in [0.15, 0.2) is 24.3 Å². The van der Waals surface area contributed by atoms with Gasteiger partial charge in [0.15, 0.2) is 0 Å². The second-order valence-corrected chi connectivity index (χ2v) is 5.95. The third-order valence-corrected chi connectivity index (χ3v) is 3.96. The molecule has 6 heteroatoms. The summed E-state index contributed by atoms with van der Waals surface area (Å²) in [5.74, 6) is -0.155. The maximum absolute atomic E-state index is 12.2. The van der Waals surface area contributed by atoms with E-state index in [1.54, 1.807) is 4.90 Å². The van der Waals surface area contributed by atoms with Gasteiger partial charge in [0, 0.05) is 30.1 Å². The van der Waals surface area contributed by atoms with Crippen LogP contribution in [0.3, 0.4) is 0 Å². The molecule has 0 saturated carbocycles. The molecule has 5 nitrogen and oxygen atoms in total. The van der Waals surface area contributed by atoms with Crippen LogP contribution in [-0.4, -0.2) is 36.0 Å². The van der Waals surface area contributed by atoms with Crippen molar-refractivity contribution < 1.29 is 9.59 Å². The van der Waals surface area contributed by atoms with Crippen molar-refractivity contribution in [3.05, 3.63) is 34.9 Å². The van der Waals surface area contributed by atoms with Crippen molar-refractivity contribution in [3.8, 4) is 0 Å². The summed E-state index contributed by atoms with van der Waals surface area (Å²) < 4.78 is 0. The van der Waals surface area contributed by atoms with Crippen molar-refractivity contribution in [1.82, 2.24) is 10.2 Å². The lowest BCUT2D eigenvalue weighted by Gasteiger charge is -2.17. The fourth-order valence-corrected chi connectivity index (χ4v) is 2.74. The fourth-order valence-electron chi connectivity index (χ4n) is 2.53. The van der Waals surface area contributed by atoms with Crippen molar-refractivity contribution in [2.24, 2.45) is 11.7 Å². The molecular formula is C15H20ClN3O2. The normalized spacial score (nSPS) is 19.3. The lowest BCUT2D eigenvalue weighted by Crippen LogP contribution is -2.42. The SMILES string of the molecule is C[C@@H](Cc1cccc(Cl)c1)C(=O)N[C@H]1CCN(C(N)=O)C1. The van der Waals surface area contributed by atoms with Gasteiger partial charge >= 0.3 is 6.03 Å². The number of primary amides is 1. The molecule has 3 N–H and O–H groups in total. The van der Waals surface area contributed by atoms with Crippen LogP contribution < -0.4 is 11.1 Å². The number of likely N-dealkylation sites (tertiary alicyclic amines) is 1. The minimum atomic E-state index is -0.432. The highest BCUT2D eigenvalue weighted by molar-refractivity contribution is 6.30. The summed E-state index contributed by atoms with van der Waals surface area (Å²) >= 11 is 5.94. The van der Waals surface area contributed by atoms with E-state index < -0.39 is 6.03 Å². The Bertz CT molecular complexity index is 535. The van der Waals surface area contributed by atoms with Crippen LogP contribution in [0, 0.1) is 5.92 Å². The molecule has 0 bridgehead atoms. The van der Waals surface area contributed by atoms with E-state index in [0.717, 1.165) is 12.0 Å². The number of nitrogens with one attached hydrogen (secondary N) is 1. The van der Waals surface area contributed by atoms with Crippen LogP contribution >= 0.6 is 11.6 Å². The van der Waals surface area contributed by atoms with Crippen LogP contribution in [0.25, 0.3) is 0 Å². The average molecular weight is 310 g/mol. The average Bonchev–Trinajstić information content (AvgIpc) is 2.87. The minimum Gasteiger partial charge on any atom is -0.351 e. The van der Waals surface area contributed by atoms with E-state index in [0.29, 0.717) is 24.5 Å². The maximum atomic E-state index is 12.2. The molecular weight excluding hydrogens is 290 g/mol. The largest absolute Gasteiger partial charge is 0.351 e. The Morgan fingerprint density at radius 1 is 1.52 bits per heavy atom. The number of nitrogens with two attached hydrogens (primary N) is 1. The van der Waals surface area contributed by atoms with Crippen LogP contribution in [0.2, 0.25) is 5.02 Å². The van der Waals surface area contributed by atoms with E-state index in [1.807, 2.05) is 31.2 Å². The molecule has 0 aromatic heterocycles. The summed E-state index contributed by atoms with van der Waals surface area (Å²) in [6.45, 7) is 2.98. The molecule has 1 aliphatic heterocycles. The van der Waals surface area contributed by atoms with Gasteiger partial charge in [-0.1, -0.05) is 30.7 Å². The van der Waals surface area contributed by atoms with Gasteiger partial charge in [-0.05, 0) is 30.5 Å². The van der Waals surface area contributed by atoms with E-state index in [-0.39, 0.29) is 17.9 Å². The number of amides is 3. The first-order valence-electron chi connectivity index (χ1n) is 7.05. The van der Waals surface area contributed by atoms with E-state index in [9.17, 15) is 9.59 Å².